The van der Waals surface area contributed by atoms with E-state index in [1.807, 2.05) is 24.3 Å². The molecule has 0 unspecified atom stereocenters. The Balaban J connectivity index is 1.96. The molecule has 2 N–H and O–H groups in total. The molecule has 0 spiro atoms. The number of aliphatic hydroxyl groups is 1. The van der Waals surface area contributed by atoms with Gasteiger partial charge in [-0.15, -0.1) is 0 Å². The van der Waals surface area contributed by atoms with Crippen molar-refractivity contribution in [2.24, 2.45) is 5.10 Å². The van der Waals surface area contributed by atoms with Crippen LogP contribution >= 0.6 is 31.9 Å². The maximum atomic E-state index is 11.8. The molecule has 0 bridgehead atoms. The van der Waals surface area contributed by atoms with Crippen molar-refractivity contribution >= 4 is 44.0 Å². The Kier molecular flexibility index (Phi) is 5.67. The largest absolute Gasteiger partial charge is 0.378 e. The lowest BCUT2D eigenvalue weighted by atomic mass is 10.1. The van der Waals surface area contributed by atoms with E-state index in [0.717, 1.165) is 14.5 Å². The van der Waals surface area contributed by atoms with Gasteiger partial charge in [-0.1, -0.05) is 56.1 Å². The first kappa shape index (κ1) is 15.9. The van der Waals surface area contributed by atoms with Crippen LogP contribution in [0.1, 0.15) is 17.2 Å². The number of halogens is 2. The van der Waals surface area contributed by atoms with Gasteiger partial charge in [0.15, 0.2) is 6.10 Å². The van der Waals surface area contributed by atoms with Crippen molar-refractivity contribution < 1.29 is 9.90 Å². The molecule has 0 radical (unpaired) electrons. The standard InChI is InChI=1S/C15H12Br2N2O2/c16-12-6-4-11(5-7-12)14(20)15(21)19-18-9-10-2-1-3-13(17)8-10/h1-9,14,20H,(H,19,21)/b18-9-/t14-/m1/s1. The summed E-state index contributed by atoms with van der Waals surface area (Å²) in [6.07, 6.45) is 0.259. The van der Waals surface area contributed by atoms with Crippen LogP contribution in [0.15, 0.2) is 62.6 Å². The lowest BCUT2D eigenvalue weighted by molar-refractivity contribution is -0.129. The molecule has 2 rings (SSSR count). The zero-order valence-corrected chi connectivity index (χ0v) is 14.0. The van der Waals surface area contributed by atoms with E-state index in [1.54, 1.807) is 24.3 Å². The van der Waals surface area contributed by atoms with Crippen LogP contribution in [0.5, 0.6) is 0 Å². The SMILES string of the molecule is O=C(N/N=C\c1cccc(Br)c1)[C@H](O)c1ccc(Br)cc1. The van der Waals surface area contributed by atoms with E-state index in [-0.39, 0.29) is 0 Å². The molecule has 21 heavy (non-hydrogen) atoms. The molecule has 108 valence electrons. The third-order valence-corrected chi connectivity index (χ3v) is 3.69. The quantitative estimate of drug-likeness (QED) is 0.598. The Bertz CT molecular complexity index is 657. The van der Waals surface area contributed by atoms with Crippen molar-refractivity contribution in [1.82, 2.24) is 5.43 Å². The van der Waals surface area contributed by atoms with Crippen molar-refractivity contribution in [3.8, 4) is 0 Å². The fourth-order valence-corrected chi connectivity index (χ4v) is 2.30. The fraction of sp³-hybridized carbons (Fsp3) is 0.0667. The number of hydrogen-bond donors (Lipinski definition) is 2. The molecular formula is C15H12Br2N2O2. The zero-order chi connectivity index (χ0) is 15.2. The Labute approximate surface area is 139 Å². The summed E-state index contributed by atoms with van der Waals surface area (Å²) in [6, 6.07) is 14.3. The Morgan fingerprint density at radius 1 is 1.14 bits per heavy atom. The van der Waals surface area contributed by atoms with Gasteiger partial charge < -0.3 is 5.11 Å². The Morgan fingerprint density at radius 2 is 1.86 bits per heavy atom. The third kappa shape index (κ3) is 4.77. The summed E-state index contributed by atoms with van der Waals surface area (Å²) >= 11 is 6.65. The molecule has 6 heteroatoms. The fourth-order valence-electron chi connectivity index (χ4n) is 1.61. The van der Waals surface area contributed by atoms with Gasteiger partial charge in [-0.2, -0.15) is 5.10 Å². The van der Waals surface area contributed by atoms with E-state index < -0.39 is 12.0 Å². The second-order valence-corrected chi connectivity index (χ2v) is 6.07. The number of aliphatic hydroxyl groups excluding tert-OH is 1. The van der Waals surface area contributed by atoms with E-state index in [4.69, 9.17) is 0 Å². The van der Waals surface area contributed by atoms with Gasteiger partial charge in [0, 0.05) is 8.95 Å². The van der Waals surface area contributed by atoms with E-state index >= 15 is 0 Å². The van der Waals surface area contributed by atoms with Crippen molar-refractivity contribution in [2.75, 3.05) is 0 Å². The molecule has 0 aliphatic rings. The van der Waals surface area contributed by atoms with Crippen LogP contribution in [0, 0.1) is 0 Å². The number of benzene rings is 2. The van der Waals surface area contributed by atoms with Crippen LogP contribution < -0.4 is 5.43 Å². The van der Waals surface area contributed by atoms with Crippen LogP contribution in [0.3, 0.4) is 0 Å². The topological polar surface area (TPSA) is 61.7 Å². The summed E-state index contributed by atoms with van der Waals surface area (Å²) in [5, 5.41) is 13.7. The van der Waals surface area contributed by atoms with Gasteiger partial charge in [-0.3, -0.25) is 4.79 Å². The Hall–Kier alpha value is -1.50. The molecule has 0 fully saturated rings. The molecule has 4 nitrogen and oxygen atoms in total. The average Bonchev–Trinajstić information content (AvgIpc) is 2.47. The van der Waals surface area contributed by atoms with E-state index in [2.05, 4.69) is 42.4 Å². The monoisotopic (exact) mass is 410 g/mol. The number of hydrogen-bond acceptors (Lipinski definition) is 3. The van der Waals surface area contributed by atoms with Gasteiger partial charge in [-0.25, -0.2) is 5.43 Å². The lowest BCUT2D eigenvalue weighted by Gasteiger charge is -2.08. The minimum absolute atomic E-state index is 0.508. The second-order valence-electron chi connectivity index (χ2n) is 4.24. The minimum Gasteiger partial charge on any atom is -0.378 e. The number of nitrogens with zero attached hydrogens (tertiary/aromatic N) is 1. The highest BCUT2D eigenvalue weighted by Crippen LogP contribution is 2.17. The summed E-state index contributed by atoms with van der Waals surface area (Å²) < 4.78 is 1.80. The number of nitrogens with one attached hydrogen (secondary N) is 1. The molecule has 0 saturated heterocycles. The Morgan fingerprint density at radius 3 is 2.52 bits per heavy atom. The highest BCUT2D eigenvalue weighted by Gasteiger charge is 2.16. The van der Waals surface area contributed by atoms with Crippen molar-refractivity contribution in [3.63, 3.8) is 0 Å². The molecular weight excluding hydrogens is 400 g/mol. The number of carbonyl (C=O) groups excluding carboxylic acids is 1. The van der Waals surface area contributed by atoms with Gasteiger partial charge in [0.2, 0.25) is 0 Å². The highest BCUT2D eigenvalue weighted by atomic mass is 79.9. The molecule has 0 saturated carbocycles. The predicted octanol–water partition coefficient (Wildman–Crippen LogP) is 3.40. The second kappa shape index (κ2) is 7.49. The normalized spacial score (nSPS) is 12.3. The van der Waals surface area contributed by atoms with Crippen molar-refractivity contribution in [2.45, 2.75) is 6.10 Å². The average molecular weight is 412 g/mol. The minimum atomic E-state index is -1.25. The van der Waals surface area contributed by atoms with E-state index in [1.165, 1.54) is 6.21 Å². The maximum Gasteiger partial charge on any atom is 0.273 e. The van der Waals surface area contributed by atoms with Crippen molar-refractivity contribution in [1.29, 1.82) is 0 Å². The molecule has 2 aromatic rings. The van der Waals surface area contributed by atoms with Gasteiger partial charge >= 0.3 is 0 Å². The number of rotatable bonds is 4. The zero-order valence-electron chi connectivity index (χ0n) is 10.8. The van der Waals surface area contributed by atoms with Crippen LogP contribution in [0.25, 0.3) is 0 Å². The summed E-state index contributed by atoms with van der Waals surface area (Å²) in [6.45, 7) is 0. The molecule has 0 aliphatic carbocycles. The number of amides is 1. The summed E-state index contributed by atoms with van der Waals surface area (Å²) in [4.78, 5) is 11.8. The van der Waals surface area contributed by atoms with E-state index in [9.17, 15) is 9.90 Å². The van der Waals surface area contributed by atoms with Gasteiger partial charge in [0.1, 0.15) is 0 Å². The maximum absolute atomic E-state index is 11.8. The molecule has 0 heterocycles. The highest BCUT2D eigenvalue weighted by molar-refractivity contribution is 9.10. The van der Waals surface area contributed by atoms with Gasteiger partial charge in [0.05, 0.1) is 6.21 Å². The summed E-state index contributed by atoms with van der Waals surface area (Å²) in [5.74, 6) is -0.580. The molecule has 1 amide bonds. The lowest BCUT2D eigenvalue weighted by Crippen LogP contribution is -2.25. The van der Waals surface area contributed by atoms with Gasteiger partial charge in [-0.05, 0) is 35.4 Å². The number of hydrazone groups is 1. The summed E-state index contributed by atoms with van der Waals surface area (Å²) in [5.41, 5.74) is 3.66. The molecule has 2 aromatic carbocycles. The molecule has 0 aromatic heterocycles. The predicted molar refractivity (Wildman–Crippen MR) is 89.0 cm³/mol. The molecule has 1 atom stereocenters. The van der Waals surface area contributed by atoms with E-state index in [0.29, 0.717) is 5.56 Å². The first-order valence-corrected chi connectivity index (χ1v) is 7.67. The number of carbonyl (C=O) groups is 1. The smallest absolute Gasteiger partial charge is 0.273 e. The van der Waals surface area contributed by atoms with Crippen LogP contribution in [-0.2, 0) is 4.79 Å². The summed E-state index contributed by atoms with van der Waals surface area (Å²) in [7, 11) is 0. The van der Waals surface area contributed by atoms with Crippen LogP contribution in [0.4, 0.5) is 0 Å². The van der Waals surface area contributed by atoms with Crippen LogP contribution in [0.2, 0.25) is 0 Å². The first-order valence-electron chi connectivity index (χ1n) is 6.08. The van der Waals surface area contributed by atoms with Crippen LogP contribution in [-0.4, -0.2) is 17.2 Å². The molecule has 0 aliphatic heterocycles. The first-order chi connectivity index (χ1) is 10.1. The van der Waals surface area contributed by atoms with Gasteiger partial charge in [0.25, 0.3) is 5.91 Å². The van der Waals surface area contributed by atoms with Crippen molar-refractivity contribution in [3.05, 3.63) is 68.6 Å². The third-order valence-electron chi connectivity index (χ3n) is 2.67.